The van der Waals surface area contributed by atoms with Crippen LogP contribution in [0.4, 0.5) is 0 Å². The predicted molar refractivity (Wildman–Crippen MR) is 65.7 cm³/mol. The summed E-state index contributed by atoms with van der Waals surface area (Å²) in [6.45, 7) is 4.37. The fourth-order valence-corrected chi connectivity index (χ4v) is 2.66. The monoisotopic (exact) mass is 255 g/mol. The fourth-order valence-electron chi connectivity index (χ4n) is 2.66. The van der Waals surface area contributed by atoms with Crippen LogP contribution in [0.1, 0.15) is 19.3 Å². The Kier molecular flexibility index (Phi) is 4.54. The Morgan fingerprint density at radius 1 is 1.28 bits per heavy atom. The van der Waals surface area contributed by atoms with Gasteiger partial charge in [-0.3, -0.25) is 14.5 Å². The van der Waals surface area contributed by atoms with Crippen LogP contribution in [0.15, 0.2) is 0 Å². The van der Waals surface area contributed by atoms with Crippen molar-refractivity contribution in [2.45, 2.75) is 25.3 Å². The van der Waals surface area contributed by atoms with E-state index >= 15 is 0 Å². The molecule has 6 nitrogen and oxygen atoms in total. The van der Waals surface area contributed by atoms with Crippen molar-refractivity contribution in [3.63, 3.8) is 0 Å². The zero-order valence-corrected chi connectivity index (χ0v) is 10.6. The smallest absolute Gasteiger partial charge is 0.309 e. The summed E-state index contributed by atoms with van der Waals surface area (Å²) in [5.74, 6) is -1.14. The predicted octanol–water partition coefficient (Wildman–Crippen LogP) is -0.911. The first-order valence-corrected chi connectivity index (χ1v) is 6.56. The van der Waals surface area contributed by atoms with E-state index in [1.165, 1.54) is 0 Å². The maximum absolute atomic E-state index is 11.0. The van der Waals surface area contributed by atoms with E-state index in [0.717, 1.165) is 45.6 Å². The van der Waals surface area contributed by atoms with Crippen molar-refractivity contribution in [2.75, 3.05) is 32.8 Å². The van der Waals surface area contributed by atoms with E-state index in [1.54, 1.807) is 0 Å². The molecule has 0 aromatic carbocycles. The topological polar surface area (TPSA) is 84.7 Å². The summed E-state index contributed by atoms with van der Waals surface area (Å²) < 4.78 is 5.39. The molecule has 2 aliphatic heterocycles. The molecule has 2 amide bonds. The maximum Gasteiger partial charge on any atom is 0.309 e. The highest BCUT2D eigenvalue weighted by Crippen LogP contribution is 2.21. The summed E-state index contributed by atoms with van der Waals surface area (Å²) >= 11 is 0. The van der Waals surface area contributed by atoms with Crippen LogP contribution in [0.2, 0.25) is 0 Å². The van der Waals surface area contributed by atoms with Crippen LogP contribution in [0.25, 0.3) is 0 Å². The molecule has 2 fully saturated rings. The Balaban J connectivity index is 1.67. The number of ether oxygens (including phenoxy) is 1. The lowest BCUT2D eigenvalue weighted by Crippen LogP contribution is -2.45. The van der Waals surface area contributed by atoms with Crippen LogP contribution in [-0.2, 0) is 14.3 Å². The molecule has 2 heterocycles. The standard InChI is InChI=1S/C12H21N3O3/c13-11(16)12(17)14-7-9-1-4-15(5-2-9)10-3-6-18-8-10/h9-10H,1-8H2,(H2,13,16)(H,14,17). The number of hydrogen-bond donors (Lipinski definition) is 2. The first kappa shape index (κ1) is 13.3. The Morgan fingerprint density at radius 2 is 2.00 bits per heavy atom. The van der Waals surface area contributed by atoms with E-state index < -0.39 is 11.8 Å². The van der Waals surface area contributed by atoms with Crippen molar-refractivity contribution in [3.05, 3.63) is 0 Å². The highest BCUT2D eigenvalue weighted by molar-refractivity contribution is 6.34. The van der Waals surface area contributed by atoms with Gasteiger partial charge < -0.3 is 15.8 Å². The minimum Gasteiger partial charge on any atom is -0.380 e. The summed E-state index contributed by atoms with van der Waals surface area (Å²) in [5, 5.41) is 2.58. The van der Waals surface area contributed by atoms with Crippen molar-refractivity contribution < 1.29 is 14.3 Å². The van der Waals surface area contributed by atoms with Crippen LogP contribution < -0.4 is 11.1 Å². The van der Waals surface area contributed by atoms with Gasteiger partial charge in [0.25, 0.3) is 0 Å². The zero-order chi connectivity index (χ0) is 13.0. The van der Waals surface area contributed by atoms with Gasteiger partial charge in [-0.25, -0.2) is 0 Å². The highest BCUT2D eigenvalue weighted by atomic mass is 16.5. The molecule has 2 aliphatic rings. The number of nitrogens with two attached hydrogens (primary N) is 1. The molecule has 102 valence electrons. The van der Waals surface area contributed by atoms with Gasteiger partial charge in [-0.05, 0) is 38.3 Å². The molecule has 1 unspecified atom stereocenters. The summed E-state index contributed by atoms with van der Waals surface area (Å²) in [6.07, 6.45) is 3.23. The Labute approximate surface area is 107 Å². The third-order valence-electron chi connectivity index (χ3n) is 3.85. The van der Waals surface area contributed by atoms with Crippen LogP contribution >= 0.6 is 0 Å². The van der Waals surface area contributed by atoms with E-state index in [-0.39, 0.29) is 0 Å². The van der Waals surface area contributed by atoms with Gasteiger partial charge in [0, 0.05) is 19.2 Å². The van der Waals surface area contributed by atoms with Gasteiger partial charge in [0.1, 0.15) is 0 Å². The molecule has 3 N–H and O–H groups in total. The van der Waals surface area contributed by atoms with Gasteiger partial charge in [0.05, 0.1) is 6.61 Å². The van der Waals surface area contributed by atoms with Gasteiger partial charge in [-0.1, -0.05) is 0 Å². The number of nitrogens with zero attached hydrogens (tertiary/aromatic N) is 1. The molecular weight excluding hydrogens is 234 g/mol. The molecular formula is C12H21N3O3. The van der Waals surface area contributed by atoms with Crippen molar-refractivity contribution in [1.29, 1.82) is 0 Å². The third-order valence-corrected chi connectivity index (χ3v) is 3.85. The van der Waals surface area contributed by atoms with Gasteiger partial charge in [0.2, 0.25) is 0 Å². The molecule has 0 radical (unpaired) electrons. The third kappa shape index (κ3) is 3.43. The Bertz CT molecular complexity index is 308. The number of carbonyl (C=O) groups excluding carboxylic acids is 2. The number of amides is 2. The minimum absolute atomic E-state index is 0.451. The quantitative estimate of drug-likeness (QED) is 0.639. The van der Waals surface area contributed by atoms with Gasteiger partial charge in [-0.15, -0.1) is 0 Å². The second kappa shape index (κ2) is 6.15. The summed E-state index contributed by atoms with van der Waals surface area (Å²) in [5.41, 5.74) is 4.88. The van der Waals surface area contributed by atoms with E-state index in [1.807, 2.05) is 0 Å². The highest BCUT2D eigenvalue weighted by Gasteiger charge is 2.27. The second-order valence-corrected chi connectivity index (χ2v) is 5.07. The molecule has 0 spiro atoms. The molecule has 1 atom stereocenters. The lowest BCUT2D eigenvalue weighted by atomic mass is 9.95. The number of rotatable bonds is 3. The summed E-state index contributed by atoms with van der Waals surface area (Å²) in [7, 11) is 0. The van der Waals surface area contributed by atoms with E-state index in [4.69, 9.17) is 10.5 Å². The molecule has 2 rings (SSSR count). The molecule has 0 saturated carbocycles. The van der Waals surface area contributed by atoms with Crippen molar-refractivity contribution in [2.24, 2.45) is 11.7 Å². The van der Waals surface area contributed by atoms with E-state index in [0.29, 0.717) is 18.5 Å². The molecule has 0 aromatic rings. The molecule has 2 saturated heterocycles. The number of hydrogen-bond acceptors (Lipinski definition) is 4. The first-order chi connectivity index (χ1) is 8.66. The number of piperidine rings is 1. The number of carbonyl (C=O) groups is 2. The molecule has 0 aromatic heterocycles. The Hall–Kier alpha value is -1.14. The normalized spacial score (nSPS) is 26.1. The SMILES string of the molecule is NC(=O)C(=O)NCC1CCN(C2CCOC2)CC1. The van der Waals surface area contributed by atoms with Crippen LogP contribution in [0.3, 0.4) is 0 Å². The first-order valence-electron chi connectivity index (χ1n) is 6.56. The largest absolute Gasteiger partial charge is 0.380 e. The molecule has 0 aliphatic carbocycles. The molecule has 18 heavy (non-hydrogen) atoms. The number of primary amides is 1. The lowest BCUT2D eigenvalue weighted by molar-refractivity contribution is -0.137. The lowest BCUT2D eigenvalue weighted by Gasteiger charge is -2.35. The van der Waals surface area contributed by atoms with Crippen LogP contribution in [0, 0.1) is 5.92 Å². The number of likely N-dealkylation sites (tertiary alicyclic amines) is 1. The number of nitrogens with one attached hydrogen (secondary N) is 1. The van der Waals surface area contributed by atoms with Gasteiger partial charge in [-0.2, -0.15) is 0 Å². The summed E-state index contributed by atoms with van der Waals surface area (Å²) in [4.78, 5) is 24.1. The Morgan fingerprint density at radius 3 is 2.56 bits per heavy atom. The van der Waals surface area contributed by atoms with E-state index in [9.17, 15) is 9.59 Å². The van der Waals surface area contributed by atoms with Crippen LogP contribution in [-0.4, -0.2) is 55.6 Å². The fraction of sp³-hybridized carbons (Fsp3) is 0.833. The van der Waals surface area contributed by atoms with Crippen molar-refractivity contribution >= 4 is 11.8 Å². The van der Waals surface area contributed by atoms with Crippen molar-refractivity contribution in [1.82, 2.24) is 10.2 Å². The van der Waals surface area contributed by atoms with Gasteiger partial charge >= 0.3 is 11.8 Å². The zero-order valence-electron chi connectivity index (χ0n) is 10.6. The minimum atomic E-state index is -0.907. The summed E-state index contributed by atoms with van der Waals surface area (Å²) in [6, 6.07) is 0.575. The second-order valence-electron chi connectivity index (χ2n) is 5.07. The van der Waals surface area contributed by atoms with Crippen LogP contribution in [0.5, 0.6) is 0 Å². The average Bonchev–Trinajstić information content (AvgIpc) is 2.90. The maximum atomic E-state index is 11.0. The van der Waals surface area contributed by atoms with Crippen molar-refractivity contribution in [3.8, 4) is 0 Å². The molecule has 0 bridgehead atoms. The van der Waals surface area contributed by atoms with E-state index in [2.05, 4.69) is 10.2 Å². The molecule has 6 heteroatoms. The van der Waals surface area contributed by atoms with Gasteiger partial charge in [0.15, 0.2) is 0 Å². The average molecular weight is 255 g/mol.